The van der Waals surface area contributed by atoms with Gasteiger partial charge < -0.3 is 4.74 Å². The van der Waals surface area contributed by atoms with Gasteiger partial charge in [-0.25, -0.2) is 4.39 Å². The molecular formula is C31H42F2O. The number of halogens is 2. The topological polar surface area (TPSA) is 9.23 Å². The molecule has 0 spiro atoms. The van der Waals surface area contributed by atoms with Crippen molar-refractivity contribution in [2.24, 2.45) is 5.92 Å². The summed E-state index contributed by atoms with van der Waals surface area (Å²) in [7, 11) is 0. The van der Waals surface area contributed by atoms with Crippen LogP contribution in [0.25, 0.3) is 11.1 Å². The van der Waals surface area contributed by atoms with Crippen LogP contribution >= 0.6 is 0 Å². The van der Waals surface area contributed by atoms with E-state index in [9.17, 15) is 8.78 Å². The molecule has 3 heteroatoms. The molecule has 1 aliphatic carbocycles. The van der Waals surface area contributed by atoms with Crippen LogP contribution in [0.5, 0.6) is 5.75 Å². The Morgan fingerprint density at radius 3 is 2.21 bits per heavy atom. The van der Waals surface area contributed by atoms with Crippen LogP contribution in [0.4, 0.5) is 8.78 Å². The molecule has 1 aliphatic rings. The lowest BCUT2D eigenvalue weighted by atomic mass is 9.77. The van der Waals surface area contributed by atoms with Crippen LogP contribution in [0.2, 0.25) is 0 Å². The Hall–Kier alpha value is -2.16. The third-order valence-corrected chi connectivity index (χ3v) is 7.21. The van der Waals surface area contributed by atoms with Crippen molar-refractivity contribution in [2.45, 2.75) is 96.8 Å². The lowest BCUT2D eigenvalue weighted by Crippen LogP contribution is -2.12. The van der Waals surface area contributed by atoms with E-state index in [1.54, 1.807) is 12.1 Å². The Morgan fingerprint density at radius 2 is 1.50 bits per heavy atom. The maximum absolute atomic E-state index is 14.8. The predicted octanol–water partition coefficient (Wildman–Crippen LogP) is 10.0. The quantitative estimate of drug-likeness (QED) is 0.210. The minimum atomic E-state index is -0.886. The zero-order valence-corrected chi connectivity index (χ0v) is 21.1. The fourth-order valence-corrected chi connectivity index (χ4v) is 5.05. The summed E-state index contributed by atoms with van der Waals surface area (Å²) < 4.78 is 35.0. The number of hydrogen-bond donors (Lipinski definition) is 0. The molecule has 34 heavy (non-hydrogen) atoms. The van der Waals surface area contributed by atoms with Gasteiger partial charge in [0.05, 0.1) is 6.61 Å². The van der Waals surface area contributed by atoms with Crippen molar-refractivity contribution in [2.75, 3.05) is 6.61 Å². The minimum absolute atomic E-state index is 0.0111. The van der Waals surface area contributed by atoms with E-state index in [4.69, 9.17) is 4.74 Å². The van der Waals surface area contributed by atoms with Crippen LogP contribution in [0, 0.1) is 17.6 Å². The van der Waals surface area contributed by atoms with Crippen LogP contribution in [-0.4, -0.2) is 6.61 Å². The van der Waals surface area contributed by atoms with Crippen molar-refractivity contribution in [1.82, 2.24) is 0 Å². The van der Waals surface area contributed by atoms with E-state index < -0.39 is 11.6 Å². The smallest absolute Gasteiger partial charge is 0.201 e. The molecule has 2 aromatic carbocycles. The van der Waals surface area contributed by atoms with Gasteiger partial charge in [0.15, 0.2) is 11.6 Å². The van der Waals surface area contributed by atoms with Gasteiger partial charge in [-0.05, 0) is 80.0 Å². The third kappa shape index (κ3) is 7.68. The molecule has 1 saturated carbocycles. The summed E-state index contributed by atoms with van der Waals surface area (Å²) in [5.74, 6) is -0.328. The number of unbranched alkanes of at least 4 members (excludes halogenated alkanes) is 5. The molecular weight excluding hydrogens is 426 g/mol. The van der Waals surface area contributed by atoms with Crippen LogP contribution in [0.1, 0.15) is 102 Å². The molecule has 0 saturated heterocycles. The SMILES string of the molecule is CC/C=C\CC1CCC(c2ccc(-c3ccc(OCCCCCCCC)c(F)c3F)cc2)CC1. The molecule has 0 aliphatic heterocycles. The normalized spacial score (nSPS) is 18.5. The molecule has 186 valence electrons. The zero-order valence-electron chi connectivity index (χ0n) is 21.1. The molecule has 0 N–H and O–H groups in total. The predicted molar refractivity (Wildman–Crippen MR) is 139 cm³/mol. The zero-order chi connectivity index (χ0) is 24.2. The van der Waals surface area contributed by atoms with E-state index in [1.165, 1.54) is 63.4 Å². The van der Waals surface area contributed by atoms with E-state index in [-0.39, 0.29) is 5.75 Å². The molecule has 0 heterocycles. The summed E-state index contributed by atoms with van der Waals surface area (Å²) in [6, 6.07) is 11.3. The van der Waals surface area contributed by atoms with E-state index in [2.05, 4.69) is 38.1 Å². The first kappa shape index (κ1) is 26.4. The van der Waals surface area contributed by atoms with Crippen molar-refractivity contribution in [3.05, 3.63) is 65.7 Å². The molecule has 1 fully saturated rings. The first-order valence-electron chi connectivity index (χ1n) is 13.5. The van der Waals surface area contributed by atoms with E-state index in [0.717, 1.165) is 25.2 Å². The standard InChI is InChI=1S/C31H42F2O/c1-3-5-7-8-9-11-23-34-29-22-21-28(30(32)31(29)33)27-19-17-26(18-20-27)25-15-13-24(14-16-25)12-10-6-4-2/h6,10,17-22,24-25H,3-5,7-9,11-16,23H2,1-2H3/b10-6-. The van der Waals surface area contributed by atoms with Crippen LogP contribution in [-0.2, 0) is 0 Å². The monoisotopic (exact) mass is 468 g/mol. The number of rotatable bonds is 13. The van der Waals surface area contributed by atoms with Gasteiger partial charge in [-0.2, -0.15) is 4.39 Å². The molecule has 2 aromatic rings. The van der Waals surface area contributed by atoms with E-state index in [0.29, 0.717) is 23.7 Å². The largest absolute Gasteiger partial charge is 0.490 e. The van der Waals surface area contributed by atoms with Crippen molar-refractivity contribution in [3.63, 3.8) is 0 Å². The fourth-order valence-electron chi connectivity index (χ4n) is 5.05. The fraction of sp³-hybridized carbons (Fsp3) is 0.548. The van der Waals surface area contributed by atoms with Crippen molar-refractivity contribution < 1.29 is 13.5 Å². The third-order valence-electron chi connectivity index (χ3n) is 7.21. The molecule has 0 radical (unpaired) electrons. The highest BCUT2D eigenvalue weighted by Gasteiger charge is 2.22. The van der Waals surface area contributed by atoms with Gasteiger partial charge in [0.25, 0.3) is 0 Å². The second-order valence-electron chi connectivity index (χ2n) is 9.81. The molecule has 0 amide bonds. The highest BCUT2D eigenvalue weighted by atomic mass is 19.2. The van der Waals surface area contributed by atoms with Crippen molar-refractivity contribution in [3.8, 4) is 16.9 Å². The lowest BCUT2D eigenvalue weighted by molar-refractivity contribution is 0.285. The Labute approximate surface area is 205 Å². The average Bonchev–Trinajstić information content (AvgIpc) is 2.87. The lowest BCUT2D eigenvalue weighted by Gasteiger charge is -2.28. The van der Waals surface area contributed by atoms with E-state index in [1.807, 2.05) is 12.1 Å². The minimum Gasteiger partial charge on any atom is -0.490 e. The van der Waals surface area contributed by atoms with Crippen molar-refractivity contribution >= 4 is 0 Å². The second-order valence-corrected chi connectivity index (χ2v) is 9.81. The molecule has 3 rings (SSSR count). The van der Waals surface area contributed by atoms with Gasteiger partial charge in [0, 0.05) is 5.56 Å². The highest BCUT2D eigenvalue weighted by Crippen LogP contribution is 2.38. The van der Waals surface area contributed by atoms with Gasteiger partial charge in [-0.1, -0.05) is 82.4 Å². The summed E-state index contributed by atoms with van der Waals surface area (Å²) in [6.07, 6.45) is 18.6. The Morgan fingerprint density at radius 1 is 0.794 bits per heavy atom. The second kappa shape index (κ2) is 14.3. The first-order valence-corrected chi connectivity index (χ1v) is 13.5. The first-order chi connectivity index (χ1) is 16.6. The summed E-state index contributed by atoms with van der Waals surface area (Å²) >= 11 is 0. The average molecular weight is 469 g/mol. The highest BCUT2D eigenvalue weighted by molar-refractivity contribution is 5.65. The van der Waals surface area contributed by atoms with Crippen LogP contribution < -0.4 is 4.74 Å². The maximum Gasteiger partial charge on any atom is 0.201 e. The Kier molecular flexibility index (Phi) is 11.1. The number of allylic oxidation sites excluding steroid dienone is 2. The number of benzene rings is 2. The molecule has 1 nitrogen and oxygen atoms in total. The molecule has 0 aromatic heterocycles. The van der Waals surface area contributed by atoms with E-state index >= 15 is 0 Å². The van der Waals surface area contributed by atoms with Crippen LogP contribution in [0.3, 0.4) is 0 Å². The van der Waals surface area contributed by atoms with Crippen molar-refractivity contribution in [1.29, 1.82) is 0 Å². The maximum atomic E-state index is 14.8. The summed E-state index contributed by atoms with van der Waals surface area (Å²) in [5, 5.41) is 0. The number of ether oxygens (including phenoxy) is 1. The van der Waals surface area contributed by atoms with Gasteiger partial charge >= 0.3 is 0 Å². The Bertz CT molecular complexity index is 879. The molecule has 0 bridgehead atoms. The summed E-state index contributed by atoms with van der Waals surface area (Å²) in [4.78, 5) is 0. The van der Waals surface area contributed by atoms with Gasteiger partial charge in [0.1, 0.15) is 0 Å². The summed E-state index contributed by atoms with van der Waals surface area (Å²) in [6.45, 7) is 4.79. The Balaban J connectivity index is 1.53. The molecule has 0 atom stereocenters. The number of hydrogen-bond acceptors (Lipinski definition) is 1. The molecule has 0 unspecified atom stereocenters. The van der Waals surface area contributed by atoms with Gasteiger partial charge in [-0.3, -0.25) is 0 Å². The van der Waals surface area contributed by atoms with Gasteiger partial charge in [-0.15, -0.1) is 0 Å². The summed E-state index contributed by atoms with van der Waals surface area (Å²) in [5.41, 5.74) is 2.31. The van der Waals surface area contributed by atoms with Crippen LogP contribution in [0.15, 0.2) is 48.6 Å². The van der Waals surface area contributed by atoms with Gasteiger partial charge in [0.2, 0.25) is 5.82 Å².